The number of carbonyl (C=O) groups excluding carboxylic acids is 2. The Morgan fingerprint density at radius 1 is 1.46 bits per heavy atom. The number of rotatable bonds is 5. The van der Waals surface area contributed by atoms with Crippen molar-refractivity contribution in [3.8, 4) is 0 Å². The van der Waals surface area contributed by atoms with Crippen LogP contribution < -0.4 is 5.32 Å². The molecule has 0 bridgehead atoms. The minimum absolute atomic E-state index is 0.0717. The third kappa shape index (κ3) is 3.96. The van der Waals surface area contributed by atoms with Gasteiger partial charge in [-0.2, -0.15) is 0 Å². The zero-order valence-corrected chi connectivity index (χ0v) is 17.1. The molecule has 3 aliphatic rings. The summed E-state index contributed by atoms with van der Waals surface area (Å²) < 4.78 is 10.8. The lowest BCUT2D eigenvalue weighted by atomic mass is 9.59. The third-order valence-corrected chi connectivity index (χ3v) is 6.51. The number of fused-ring (bicyclic) bond motifs is 2. The molecule has 2 aliphatic heterocycles. The second-order valence-corrected chi connectivity index (χ2v) is 7.96. The van der Waals surface area contributed by atoms with Crippen LogP contribution in [0.25, 0.3) is 0 Å². The molecule has 0 aromatic rings. The lowest BCUT2D eigenvalue weighted by molar-refractivity contribution is -0.144. The zero-order chi connectivity index (χ0) is 20.3. The van der Waals surface area contributed by atoms with Crippen molar-refractivity contribution in [3.63, 3.8) is 0 Å². The number of likely N-dealkylation sites (N-methyl/N-ethyl adjacent to an activating group) is 1. The first-order chi connectivity index (χ1) is 13.5. The van der Waals surface area contributed by atoms with Gasteiger partial charge in [-0.3, -0.25) is 4.79 Å². The lowest BCUT2D eigenvalue weighted by Gasteiger charge is -2.48. The van der Waals surface area contributed by atoms with Crippen molar-refractivity contribution in [3.05, 3.63) is 36.6 Å². The molecule has 0 aromatic heterocycles. The molecule has 154 valence electrons. The molecule has 2 saturated heterocycles. The number of nitrogens with zero attached hydrogens (tertiary/aromatic N) is 1. The molecule has 6 atom stereocenters. The summed E-state index contributed by atoms with van der Waals surface area (Å²) in [6.07, 6.45) is 9.39. The van der Waals surface area contributed by atoms with E-state index < -0.39 is 0 Å². The van der Waals surface area contributed by atoms with Crippen LogP contribution in [0.1, 0.15) is 26.7 Å². The minimum Gasteiger partial charge on any atom is -0.462 e. The van der Waals surface area contributed by atoms with Gasteiger partial charge in [0.2, 0.25) is 0 Å². The van der Waals surface area contributed by atoms with Gasteiger partial charge in [0.1, 0.15) is 6.10 Å². The SMILES string of the molecule is C=C/C=C(/C=C/C1C2CCN(C(=O)OCC)CC2CC2C(=O)OC(C)C21)NC. The minimum atomic E-state index is -0.246. The van der Waals surface area contributed by atoms with Gasteiger partial charge in [0, 0.05) is 31.8 Å². The third-order valence-electron chi connectivity index (χ3n) is 6.51. The zero-order valence-electron chi connectivity index (χ0n) is 17.1. The number of ether oxygens (including phenoxy) is 2. The highest BCUT2D eigenvalue weighted by Gasteiger charge is 2.54. The highest BCUT2D eigenvalue weighted by molar-refractivity contribution is 5.75. The Morgan fingerprint density at radius 2 is 2.25 bits per heavy atom. The Morgan fingerprint density at radius 3 is 2.93 bits per heavy atom. The fourth-order valence-electron chi connectivity index (χ4n) is 5.30. The molecular formula is C22H32N2O4. The number of amides is 1. The summed E-state index contributed by atoms with van der Waals surface area (Å²) in [5.41, 5.74) is 0.982. The van der Waals surface area contributed by atoms with Gasteiger partial charge in [0.15, 0.2) is 0 Å². The largest absolute Gasteiger partial charge is 0.462 e. The van der Waals surface area contributed by atoms with E-state index in [0.29, 0.717) is 25.6 Å². The predicted octanol–water partition coefficient (Wildman–Crippen LogP) is 3.12. The fraction of sp³-hybridized carbons (Fsp3) is 0.636. The molecule has 0 aromatic carbocycles. The normalized spacial score (nSPS) is 35.2. The molecule has 0 spiro atoms. The number of cyclic esters (lactones) is 1. The first-order valence-corrected chi connectivity index (χ1v) is 10.3. The van der Waals surface area contributed by atoms with Crippen molar-refractivity contribution in [2.45, 2.75) is 32.8 Å². The highest BCUT2D eigenvalue weighted by atomic mass is 16.6. The van der Waals surface area contributed by atoms with Crippen LogP contribution in [0.3, 0.4) is 0 Å². The first kappa shape index (κ1) is 20.5. The molecule has 6 nitrogen and oxygen atoms in total. The van der Waals surface area contributed by atoms with Crippen molar-refractivity contribution in [1.82, 2.24) is 10.2 Å². The summed E-state index contributed by atoms with van der Waals surface area (Å²) in [5.74, 6) is 0.986. The predicted molar refractivity (Wildman–Crippen MR) is 107 cm³/mol. The Balaban J connectivity index is 1.85. The maximum Gasteiger partial charge on any atom is 0.409 e. The molecule has 3 rings (SSSR count). The van der Waals surface area contributed by atoms with Gasteiger partial charge in [-0.25, -0.2) is 4.79 Å². The van der Waals surface area contributed by atoms with Crippen molar-refractivity contribution >= 4 is 12.1 Å². The van der Waals surface area contributed by atoms with Crippen molar-refractivity contribution in [2.75, 3.05) is 26.7 Å². The van der Waals surface area contributed by atoms with E-state index in [-0.39, 0.29) is 41.8 Å². The van der Waals surface area contributed by atoms with Crippen LogP contribution in [0.5, 0.6) is 0 Å². The number of hydrogen-bond acceptors (Lipinski definition) is 5. The van der Waals surface area contributed by atoms with E-state index in [9.17, 15) is 9.59 Å². The van der Waals surface area contributed by atoms with Crippen LogP contribution in [-0.2, 0) is 14.3 Å². The Bertz CT molecular complexity index is 671. The van der Waals surface area contributed by atoms with E-state index in [1.54, 1.807) is 11.0 Å². The van der Waals surface area contributed by atoms with Gasteiger partial charge in [-0.15, -0.1) is 0 Å². The van der Waals surface area contributed by atoms with Crippen LogP contribution >= 0.6 is 0 Å². The molecule has 6 heteroatoms. The molecule has 6 unspecified atom stereocenters. The number of carbonyl (C=O) groups is 2. The van der Waals surface area contributed by atoms with E-state index in [1.165, 1.54) is 0 Å². The summed E-state index contributed by atoms with van der Waals surface area (Å²) in [5, 5.41) is 3.17. The van der Waals surface area contributed by atoms with Gasteiger partial charge >= 0.3 is 12.1 Å². The maximum absolute atomic E-state index is 12.5. The lowest BCUT2D eigenvalue weighted by Crippen LogP contribution is -2.51. The molecule has 1 aliphatic carbocycles. The highest BCUT2D eigenvalue weighted by Crippen LogP contribution is 2.51. The van der Waals surface area contributed by atoms with Crippen molar-refractivity contribution in [1.29, 1.82) is 0 Å². The van der Waals surface area contributed by atoms with E-state index in [4.69, 9.17) is 9.47 Å². The Hall–Kier alpha value is -2.24. The molecule has 3 fully saturated rings. The topological polar surface area (TPSA) is 67.9 Å². The van der Waals surface area contributed by atoms with Crippen LogP contribution in [0.15, 0.2) is 36.6 Å². The summed E-state index contributed by atoms with van der Waals surface area (Å²) >= 11 is 0. The van der Waals surface area contributed by atoms with Crippen molar-refractivity contribution < 1.29 is 19.1 Å². The number of piperidine rings is 1. The molecule has 2 heterocycles. The van der Waals surface area contributed by atoms with Gasteiger partial charge < -0.3 is 19.7 Å². The molecule has 1 saturated carbocycles. The van der Waals surface area contributed by atoms with Crippen LogP contribution in [-0.4, -0.2) is 49.8 Å². The summed E-state index contributed by atoms with van der Waals surface area (Å²) in [6, 6.07) is 0. The monoisotopic (exact) mass is 388 g/mol. The van der Waals surface area contributed by atoms with Gasteiger partial charge in [-0.05, 0) is 56.6 Å². The Labute approximate surface area is 167 Å². The van der Waals surface area contributed by atoms with Gasteiger partial charge in [-0.1, -0.05) is 18.7 Å². The number of likely N-dealkylation sites (tertiary alicyclic amines) is 1. The van der Waals surface area contributed by atoms with Crippen molar-refractivity contribution in [2.24, 2.45) is 29.6 Å². The van der Waals surface area contributed by atoms with Gasteiger partial charge in [0.25, 0.3) is 0 Å². The van der Waals surface area contributed by atoms with E-state index in [0.717, 1.165) is 18.5 Å². The molecule has 28 heavy (non-hydrogen) atoms. The van der Waals surface area contributed by atoms with E-state index in [1.807, 2.05) is 27.0 Å². The van der Waals surface area contributed by atoms with Gasteiger partial charge in [0.05, 0.1) is 12.5 Å². The number of nitrogens with one attached hydrogen (secondary N) is 1. The maximum atomic E-state index is 12.5. The summed E-state index contributed by atoms with van der Waals surface area (Å²) in [6.45, 7) is 9.33. The van der Waals surface area contributed by atoms with Crippen LogP contribution in [0.4, 0.5) is 4.79 Å². The number of esters is 1. The molecular weight excluding hydrogens is 356 g/mol. The smallest absolute Gasteiger partial charge is 0.409 e. The summed E-state index contributed by atoms with van der Waals surface area (Å²) in [7, 11) is 1.88. The standard InChI is InChI=1S/C22H32N2O4/c1-5-7-16(23-4)8-9-18-17-10-11-24(22(26)27-6-2)13-15(17)12-19-20(18)14(3)28-21(19)25/h5,7-9,14-15,17-20,23H,1,6,10-13H2,2-4H3/b9-8+,16-7-. The van der Waals surface area contributed by atoms with E-state index >= 15 is 0 Å². The fourth-order valence-corrected chi connectivity index (χ4v) is 5.30. The average Bonchev–Trinajstić information content (AvgIpc) is 2.97. The van der Waals surface area contributed by atoms with E-state index in [2.05, 4.69) is 24.0 Å². The second-order valence-electron chi connectivity index (χ2n) is 7.96. The molecule has 1 amide bonds. The first-order valence-electron chi connectivity index (χ1n) is 10.3. The quantitative estimate of drug-likeness (QED) is 0.579. The molecule has 0 radical (unpaired) electrons. The Kier molecular flexibility index (Phi) is 6.47. The van der Waals surface area contributed by atoms with Crippen LogP contribution in [0.2, 0.25) is 0 Å². The van der Waals surface area contributed by atoms with Crippen LogP contribution in [0, 0.1) is 29.6 Å². The number of allylic oxidation sites excluding steroid dienone is 4. The average molecular weight is 389 g/mol. The number of hydrogen-bond donors (Lipinski definition) is 1. The molecule has 1 N–H and O–H groups in total. The summed E-state index contributed by atoms with van der Waals surface area (Å²) in [4.78, 5) is 26.5. The second kappa shape index (κ2) is 8.84.